The maximum absolute atomic E-state index is 12.8. The highest BCUT2D eigenvalue weighted by Gasteiger charge is 2.06. The highest BCUT2D eigenvalue weighted by atomic mass is 28.3. The Bertz CT molecular complexity index is 1520. The molecule has 0 saturated heterocycles. The van der Waals surface area contributed by atoms with Crippen LogP contribution in [0, 0.1) is 0 Å². The zero-order chi connectivity index (χ0) is 34.5. The van der Waals surface area contributed by atoms with Crippen molar-refractivity contribution in [1.29, 1.82) is 0 Å². The topological polar surface area (TPSA) is 63.2 Å². The zero-order valence-corrected chi connectivity index (χ0v) is 30.3. The Hall–Kier alpha value is -4.17. The summed E-state index contributed by atoms with van der Waals surface area (Å²) in [5.74, 6) is 3.08. The molecule has 0 bridgehead atoms. The van der Waals surface area contributed by atoms with Crippen LogP contribution >= 0.6 is 0 Å². The summed E-state index contributed by atoms with van der Waals surface area (Å²) in [5.41, 5.74) is 3.77. The summed E-state index contributed by atoms with van der Waals surface area (Å²) in [7, 11) is 0.971. The van der Waals surface area contributed by atoms with Gasteiger partial charge in [-0.05, 0) is 116 Å². The van der Waals surface area contributed by atoms with Crippen LogP contribution in [0.25, 0.3) is 17.2 Å². The number of unbranched alkanes of at least 4 members (excludes halogenated alkanes) is 6. The van der Waals surface area contributed by atoms with Gasteiger partial charge in [0.15, 0.2) is 5.78 Å². The molecule has 0 aliphatic heterocycles. The van der Waals surface area contributed by atoms with E-state index in [1.54, 1.807) is 25.3 Å². The first-order chi connectivity index (χ1) is 24.0. The first kappa shape index (κ1) is 37.6. The lowest BCUT2D eigenvalue weighted by molar-refractivity contribution is 0.104. The third kappa shape index (κ3) is 14.1. The zero-order valence-electron chi connectivity index (χ0n) is 29.3. The van der Waals surface area contributed by atoms with Gasteiger partial charge in [-0.2, -0.15) is 0 Å². The normalized spacial score (nSPS) is 11.3. The summed E-state index contributed by atoms with van der Waals surface area (Å²) < 4.78 is 28.7. The fourth-order valence-corrected chi connectivity index (χ4v) is 5.62. The van der Waals surface area contributed by atoms with Crippen molar-refractivity contribution in [1.82, 2.24) is 0 Å². The minimum atomic E-state index is -0.774. The summed E-state index contributed by atoms with van der Waals surface area (Å²) in [6, 6.07) is 31.2. The molecule has 0 unspecified atom stereocenters. The van der Waals surface area contributed by atoms with Crippen molar-refractivity contribution >= 4 is 20.9 Å². The van der Waals surface area contributed by atoms with Gasteiger partial charge in [-0.25, -0.2) is 0 Å². The Kier molecular flexibility index (Phi) is 16.7. The fourth-order valence-electron chi connectivity index (χ4n) is 5.07. The van der Waals surface area contributed by atoms with Crippen LogP contribution in [0.15, 0.2) is 103 Å². The van der Waals surface area contributed by atoms with Crippen molar-refractivity contribution in [3.05, 3.63) is 114 Å². The van der Waals surface area contributed by atoms with Gasteiger partial charge in [0.05, 0.1) is 19.4 Å². The van der Waals surface area contributed by atoms with E-state index in [1.807, 2.05) is 78.9 Å². The molecule has 0 fully saturated rings. The van der Waals surface area contributed by atoms with Crippen LogP contribution < -0.4 is 14.2 Å². The van der Waals surface area contributed by atoms with Gasteiger partial charge in [-0.3, -0.25) is 4.79 Å². The Morgan fingerprint density at radius 1 is 0.612 bits per heavy atom. The Balaban J connectivity index is 1.15. The molecule has 1 radical (unpaired) electrons. The molecule has 7 heteroatoms. The standard InChI is InChI=1S/C42H51O6Si/c1-4-5-6-10-31-47-39-23-15-35(16-24-39)36-17-25-40(26-18-36)48-41-27-19-37(20-28-41)42(43)29-14-34-12-21-38(22-13-34)46-32-11-8-7-9-30-45-33-49(3)44-2/h12-29H,4-11,30-33H2,1-3H3/b29-14+. The monoisotopic (exact) mass is 679 g/mol. The molecule has 4 aromatic rings. The molecule has 6 nitrogen and oxygen atoms in total. The van der Waals surface area contributed by atoms with Gasteiger partial charge < -0.3 is 23.4 Å². The van der Waals surface area contributed by atoms with Gasteiger partial charge in [0.25, 0.3) is 0 Å². The molecule has 0 saturated carbocycles. The second kappa shape index (κ2) is 21.7. The van der Waals surface area contributed by atoms with Crippen LogP contribution in [0.3, 0.4) is 0 Å². The van der Waals surface area contributed by atoms with Gasteiger partial charge in [0.1, 0.15) is 23.0 Å². The molecule has 0 aromatic heterocycles. The highest BCUT2D eigenvalue weighted by Crippen LogP contribution is 2.27. The number of carbonyl (C=O) groups is 1. The van der Waals surface area contributed by atoms with Gasteiger partial charge >= 0.3 is 0 Å². The molecule has 0 heterocycles. The number of carbonyl (C=O) groups excluding carboxylic acids is 1. The van der Waals surface area contributed by atoms with Gasteiger partial charge in [0.2, 0.25) is 9.04 Å². The van der Waals surface area contributed by atoms with E-state index in [1.165, 1.54) is 19.3 Å². The molecule has 0 aliphatic carbocycles. The second-order valence-corrected chi connectivity index (χ2v) is 14.2. The molecule has 4 aromatic carbocycles. The first-order valence-corrected chi connectivity index (χ1v) is 19.7. The maximum Gasteiger partial charge on any atom is 0.234 e. The second-order valence-electron chi connectivity index (χ2n) is 12.1. The van der Waals surface area contributed by atoms with Crippen LogP contribution in [-0.4, -0.2) is 48.0 Å². The quantitative estimate of drug-likeness (QED) is 0.0336. The van der Waals surface area contributed by atoms with Crippen molar-refractivity contribution in [3.8, 4) is 34.1 Å². The van der Waals surface area contributed by atoms with E-state index in [4.69, 9.17) is 23.4 Å². The molecule has 0 aliphatic rings. The van der Waals surface area contributed by atoms with Crippen LogP contribution in [0.2, 0.25) is 6.55 Å². The smallest absolute Gasteiger partial charge is 0.234 e. The van der Waals surface area contributed by atoms with E-state index < -0.39 is 9.04 Å². The van der Waals surface area contributed by atoms with E-state index in [9.17, 15) is 4.79 Å². The molecule has 0 amide bonds. The number of hydrogen-bond donors (Lipinski definition) is 0. The molecule has 0 N–H and O–H groups in total. The molecule has 259 valence electrons. The molecular formula is C42H51O6Si. The number of allylic oxidation sites excluding steroid dienone is 1. The molecule has 49 heavy (non-hydrogen) atoms. The largest absolute Gasteiger partial charge is 0.494 e. The summed E-state index contributed by atoms with van der Waals surface area (Å²) in [6.45, 7) is 6.57. The minimum absolute atomic E-state index is 0.0655. The lowest BCUT2D eigenvalue weighted by Crippen LogP contribution is -2.19. The maximum atomic E-state index is 12.8. The van der Waals surface area contributed by atoms with Crippen LogP contribution in [0.5, 0.6) is 23.0 Å². The molecular weight excluding hydrogens is 629 g/mol. The van der Waals surface area contributed by atoms with E-state index in [0.29, 0.717) is 17.9 Å². The average molecular weight is 680 g/mol. The predicted octanol–water partition coefficient (Wildman–Crippen LogP) is 10.8. The SMILES string of the molecule is CCCCCCOc1ccc(-c2ccc(Oc3ccc(C(=O)/C=C/c4ccc(OCCCCCCOC[Si](C)OC)cc4)cc3)cc2)cc1. The number of benzene rings is 4. The van der Waals surface area contributed by atoms with Gasteiger partial charge in [0, 0.05) is 19.3 Å². The number of ketones is 1. The lowest BCUT2D eigenvalue weighted by atomic mass is 10.1. The average Bonchev–Trinajstić information content (AvgIpc) is 3.14. The number of ether oxygens (including phenoxy) is 4. The van der Waals surface area contributed by atoms with E-state index in [0.717, 1.165) is 85.5 Å². The van der Waals surface area contributed by atoms with Crippen molar-refractivity contribution < 1.29 is 28.2 Å². The Morgan fingerprint density at radius 3 is 1.65 bits per heavy atom. The predicted molar refractivity (Wildman–Crippen MR) is 201 cm³/mol. The highest BCUT2D eigenvalue weighted by molar-refractivity contribution is 6.49. The third-order valence-corrected chi connectivity index (χ3v) is 9.40. The Labute approximate surface area is 294 Å². The third-order valence-electron chi connectivity index (χ3n) is 8.10. The van der Waals surface area contributed by atoms with Crippen molar-refractivity contribution in [3.63, 3.8) is 0 Å². The molecule has 4 rings (SSSR count). The summed E-state index contributed by atoms with van der Waals surface area (Å²) in [5, 5.41) is 0. The number of rotatable bonds is 23. The van der Waals surface area contributed by atoms with Crippen LogP contribution in [-0.2, 0) is 9.16 Å². The first-order valence-electron chi connectivity index (χ1n) is 17.5. The van der Waals surface area contributed by atoms with Crippen molar-refractivity contribution in [2.75, 3.05) is 33.2 Å². The minimum Gasteiger partial charge on any atom is -0.494 e. The van der Waals surface area contributed by atoms with Gasteiger partial charge in [-0.15, -0.1) is 0 Å². The lowest BCUT2D eigenvalue weighted by Gasteiger charge is -2.09. The van der Waals surface area contributed by atoms with Crippen LogP contribution in [0.1, 0.15) is 74.2 Å². The van der Waals surface area contributed by atoms with Crippen LogP contribution in [0.4, 0.5) is 0 Å². The van der Waals surface area contributed by atoms with E-state index in [2.05, 4.69) is 25.6 Å². The van der Waals surface area contributed by atoms with Crippen molar-refractivity contribution in [2.45, 2.75) is 64.8 Å². The summed E-state index contributed by atoms with van der Waals surface area (Å²) >= 11 is 0. The molecule has 0 spiro atoms. The fraction of sp³-hybridized carbons (Fsp3) is 0.357. The van der Waals surface area contributed by atoms with Crippen molar-refractivity contribution in [2.24, 2.45) is 0 Å². The van der Waals surface area contributed by atoms with E-state index in [-0.39, 0.29) is 5.78 Å². The molecule has 0 atom stereocenters. The summed E-state index contributed by atoms with van der Waals surface area (Å²) in [4.78, 5) is 12.8. The number of hydrogen-bond acceptors (Lipinski definition) is 6. The van der Waals surface area contributed by atoms with Gasteiger partial charge in [-0.1, -0.05) is 75.1 Å². The van der Waals surface area contributed by atoms with E-state index >= 15 is 0 Å². The Morgan fingerprint density at radius 2 is 1.10 bits per heavy atom. The summed E-state index contributed by atoms with van der Waals surface area (Å²) in [6.07, 6.45) is 13.3.